The van der Waals surface area contributed by atoms with E-state index in [2.05, 4.69) is 11.1 Å². The van der Waals surface area contributed by atoms with E-state index in [0.717, 1.165) is 22.5 Å². The van der Waals surface area contributed by atoms with Gasteiger partial charge in [-0.3, -0.25) is 0 Å². The molecule has 0 saturated heterocycles. The zero-order valence-corrected chi connectivity index (χ0v) is 8.67. The van der Waals surface area contributed by atoms with Gasteiger partial charge in [0.15, 0.2) is 0 Å². The maximum absolute atomic E-state index is 5.68. The molecule has 0 radical (unpaired) electrons. The van der Waals surface area contributed by atoms with Crippen molar-refractivity contribution in [2.45, 2.75) is 0 Å². The van der Waals surface area contributed by atoms with Crippen molar-refractivity contribution in [3.63, 3.8) is 0 Å². The summed E-state index contributed by atoms with van der Waals surface area (Å²) in [5, 5.41) is 0. The van der Waals surface area contributed by atoms with E-state index >= 15 is 0 Å². The number of pyridine rings is 1. The second kappa shape index (κ2) is 3.38. The Labute approximate surface area is 93.2 Å². The Morgan fingerprint density at radius 3 is 2.62 bits per heavy atom. The van der Waals surface area contributed by atoms with Crippen molar-refractivity contribution >= 4 is 11.3 Å². The first-order valence-corrected chi connectivity index (χ1v) is 5.12. The van der Waals surface area contributed by atoms with Crippen LogP contribution in [0.4, 0.5) is 5.69 Å². The topological polar surface area (TPSA) is 43.3 Å². The van der Waals surface area contributed by atoms with Crippen LogP contribution in [0, 0.1) is 0 Å². The highest BCUT2D eigenvalue weighted by Gasteiger charge is 2.03. The minimum Gasteiger partial charge on any atom is -0.399 e. The monoisotopic (exact) mass is 209 g/mol. The third kappa shape index (κ3) is 1.34. The van der Waals surface area contributed by atoms with E-state index in [0.29, 0.717) is 0 Å². The molecule has 0 bridgehead atoms. The van der Waals surface area contributed by atoms with Crippen LogP contribution in [-0.4, -0.2) is 9.38 Å². The highest BCUT2D eigenvalue weighted by atomic mass is 15.0. The lowest BCUT2D eigenvalue weighted by molar-refractivity contribution is 1.19. The Kier molecular flexibility index (Phi) is 1.90. The van der Waals surface area contributed by atoms with Crippen LogP contribution in [0.15, 0.2) is 55.0 Å². The lowest BCUT2D eigenvalue weighted by atomic mass is 10.1. The first kappa shape index (κ1) is 8.97. The SMILES string of the molecule is Nc1ccc(-c2cccn3ccnc23)cc1. The second-order valence-corrected chi connectivity index (χ2v) is 3.70. The minimum atomic E-state index is 0.777. The summed E-state index contributed by atoms with van der Waals surface area (Å²) in [5.41, 5.74) is 9.67. The third-order valence-corrected chi connectivity index (χ3v) is 2.64. The summed E-state index contributed by atoms with van der Waals surface area (Å²) < 4.78 is 2.01. The van der Waals surface area contributed by atoms with Crippen molar-refractivity contribution in [3.8, 4) is 11.1 Å². The zero-order valence-electron chi connectivity index (χ0n) is 8.67. The van der Waals surface area contributed by atoms with Gasteiger partial charge in [-0.1, -0.05) is 12.1 Å². The average Bonchev–Trinajstić information content (AvgIpc) is 2.78. The number of rotatable bonds is 1. The lowest BCUT2D eigenvalue weighted by Crippen LogP contribution is -1.88. The number of imidazole rings is 1. The van der Waals surface area contributed by atoms with Gasteiger partial charge >= 0.3 is 0 Å². The number of nitrogens with two attached hydrogens (primary N) is 1. The van der Waals surface area contributed by atoms with E-state index in [4.69, 9.17) is 5.73 Å². The van der Waals surface area contributed by atoms with Gasteiger partial charge in [-0.2, -0.15) is 0 Å². The molecule has 2 N–H and O–H groups in total. The van der Waals surface area contributed by atoms with Crippen molar-refractivity contribution < 1.29 is 0 Å². The largest absolute Gasteiger partial charge is 0.399 e. The van der Waals surface area contributed by atoms with Crippen LogP contribution in [0.3, 0.4) is 0 Å². The molecule has 3 nitrogen and oxygen atoms in total. The first-order chi connectivity index (χ1) is 7.84. The second-order valence-electron chi connectivity index (χ2n) is 3.70. The highest BCUT2D eigenvalue weighted by Crippen LogP contribution is 2.23. The van der Waals surface area contributed by atoms with Crippen LogP contribution in [0.1, 0.15) is 0 Å². The van der Waals surface area contributed by atoms with Gasteiger partial charge in [0.05, 0.1) is 0 Å². The molecule has 0 spiro atoms. The number of fused-ring (bicyclic) bond motifs is 1. The highest BCUT2D eigenvalue weighted by molar-refractivity contribution is 5.78. The van der Waals surface area contributed by atoms with Gasteiger partial charge in [0.25, 0.3) is 0 Å². The maximum Gasteiger partial charge on any atom is 0.144 e. The van der Waals surface area contributed by atoms with Crippen LogP contribution >= 0.6 is 0 Å². The van der Waals surface area contributed by atoms with Crippen LogP contribution < -0.4 is 5.73 Å². The molecule has 0 atom stereocenters. The molecule has 0 amide bonds. The van der Waals surface area contributed by atoms with Gasteiger partial charge in [0, 0.05) is 29.8 Å². The third-order valence-electron chi connectivity index (χ3n) is 2.64. The summed E-state index contributed by atoms with van der Waals surface area (Å²) in [5.74, 6) is 0. The van der Waals surface area contributed by atoms with Gasteiger partial charge in [-0.25, -0.2) is 4.98 Å². The van der Waals surface area contributed by atoms with E-state index in [1.54, 1.807) is 6.20 Å². The molecule has 3 rings (SSSR count). The molecule has 0 fully saturated rings. The number of nitrogens with zero attached hydrogens (tertiary/aromatic N) is 2. The summed E-state index contributed by atoms with van der Waals surface area (Å²) in [6, 6.07) is 11.9. The van der Waals surface area contributed by atoms with E-state index in [-0.39, 0.29) is 0 Å². The number of anilines is 1. The molecule has 0 aliphatic carbocycles. The smallest absolute Gasteiger partial charge is 0.144 e. The summed E-state index contributed by atoms with van der Waals surface area (Å²) in [6.45, 7) is 0. The summed E-state index contributed by atoms with van der Waals surface area (Å²) in [6.07, 6.45) is 5.73. The van der Waals surface area contributed by atoms with Crippen molar-refractivity contribution in [3.05, 3.63) is 55.0 Å². The zero-order chi connectivity index (χ0) is 11.0. The van der Waals surface area contributed by atoms with Crippen LogP contribution in [0.5, 0.6) is 0 Å². The molecule has 0 unspecified atom stereocenters. The quantitative estimate of drug-likeness (QED) is 0.626. The van der Waals surface area contributed by atoms with Crippen molar-refractivity contribution in [1.82, 2.24) is 9.38 Å². The van der Waals surface area contributed by atoms with E-state index < -0.39 is 0 Å². The van der Waals surface area contributed by atoms with Gasteiger partial charge in [0.1, 0.15) is 5.65 Å². The predicted octanol–water partition coefficient (Wildman–Crippen LogP) is 2.58. The molecule has 2 heterocycles. The fraction of sp³-hybridized carbons (Fsp3) is 0. The van der Waals surface area contributed by atoms with Crippen molar-refractivity contribution in [1.29, 1.82) is 0 Å². The molecule has 78 valence electrons. The molecule has 3 heteroatoms. The van der Waals surface area contributed by atoms with Gasteiger partial charge < -0.3 is 10.1 Å². The van der Waals surface area contributed by atoms with Gasteiger partial charge in [-0.15, -0.1) is 0 Å². The number of benzene rings is 1. The summed E-state index contributed by atoms with van der Waals surface area (Å²) >= 11 is 0. The van der Waals surface area contributed by atoms with Gasteiger partial charge in [0.2, 0.25) is 0 Å². The first-order valence-electron chi connectivity index (χ1n) is 5.12. The Balaban J connectivity index is 2.25. The normalized spacial score (nSPS) is 10.8. The summed E-state index contributed by atoms with van der Waals surface area (Å²) in [4.78, 5) is 4.35. The average molecular weight is 209 g/mol. The standard InChI is InChI=1S/C13H11N3/c14-11-5-3-10(4-6-11)12-2-1-8-16-9-7-15-13(12)16/h1-9H,14H2. The molecule has 3 aromatic rings. The molecule has 0 saturated carbocycles. The van der Waals surface area contributed by atoms with Crippen molar-refractivity contribution in [2.75, 3.05) is 5.73 Å². The molecule has 16 heavy (non-hydrogen) atoms. The van der Waals surface area contributed by atoms with Gasteiger partial charge in [-0.05, 0) is 29.8 Å². The summed E-state index contributed by atoms with van der Waals surface area (Å²) in [7, 11) is 0. The molecule has 2 aromatic heterocycles. The molecule has 1 aromatic carbocycles. The molecular formula is C13H11N3. The fourth-order valence-corrected chi connectivity index (χ4v) is 1.84. The van der Waals surface area contributed by atoms with Crippen LogP contribution in [0.2, 0.25) is 0 Å². The molecular weight excluding hydrogens is 198 g/mol. The number of nitrogen functional groups attached to an aromatic ring is 1. The molecule has 0 aliphatic rings. The minimum absolute atomic E-state index is 0.777. The Bertz CT molecular complexity index is 623. The number of hydrogen-bond acceptors (Lipinski definition) is 2. The maximum atomic E-state index is 5.68. The molecule has 0 aliphatic heterocycles. The number of aromatic nitrogens is 2. The van der Waals surface area contributed by atoms with E-state index in [1.165, 1.54) is 0 Å². The Morgan fingerprint density at radius 2 is 1.81 bits per heavy atom. The predicted molar refractivity (Wildman–Crippen MR) is 65.0 cm³/mol. The van der Waals surface area contributed by atoms with E-state index in [1.807, 2.05) is 47.1 Å². The Morgan fingerprint density at radius 1 is 1.00 bits per heavy atom. The van der Waals surface area contributed by atoms with Crippen LogP contribution in [-0.2, 0) is 0 Å². The lowest BCUT2D eigenvalue weighted by Gasteiger charge is -2.04. The van der Waals surface area contributed by atoms with Crippen molar-refractivity contribution in [2.24, 2.45) is 0 Å². The Hall–Kier alpha value is -2.29. The van der Waals surface area contributed by atoms with Crippen LogP contribution in [0.25, 0.3) is 16.8 Å². The fourth-order valence-electron chi connectivity index (χ4n) is 1.84. The van der Waals surface area contributed by atoms with E-state index in [9.17, 15) is 0 Å². The number of hydrogen-bond donors (Lipinski definition) is 1.